The molecule has 1 aromatic rings. The zero-order valence-electron chi connectivity index (χ0n) is 12.6. The first-order valence-corrected chi connectivity index (χ1v) is 8.60. The van der Waals surface area contributed by atoms with E-state index in [1.54, 1.807) is 0 Å². The van der Waals surface area contributed by atoms with Gasteiger partial charge >= 0.3 is 0 Å². The van der Waals surface area contributed by atoms with Crippen LogP contribution in [0.1, 0.15) is 56.2 Å². The largest absolute Gasteiger partial charge is 0.378 e. The Balaban J connectivity index is 1.91. The predicted octanol–water partition coefficient (Wildman–Crippen LogP) is 4.76. The van der Waals surface area contributed by atoms with Gasteiger partial charge in [0.1, 0.15) is 0 Å². The summed E-state index contributed by atoms with van der Waals surface area (Å²) in [6.45, 7) is 6.31. The Kier molecular flexibility index (Phi) is 6.53. The molecule has 0 amide bonds. The third kappa shape index (κ3) is 4.87. The van der Waals surface area contributed by atoms with Gasteiger partial charge in [0.2, 0.25) is 0 Å². The molecule has 0 radical (unpaired) electrons. The van der Waals surface area contributed by atoms with Gasteiger partial charge in [0, 0.05) is 17.1 Å². The zero-order valence-corrected chi connectivity index (χ0v) is 14.2. The Morgan fingerprint density at radius 2 is 2.25 bits per heavy atom. The molecule has 2 atom stereocenters. The highest BCUT2D eigenvalue weighted by atomic mass is 79.9. The molecule has 1 fully saturated rings. The highest BCUT2D eigenvalue weighted by molar-refractivity contribution is 9.10. The second-order valence-corrected chi connectivity index (χ2v) is 6.65. The van der Waals surface area contributed by atoms with Gasteiger partial charge in [0.25, 0.3) is 0 Å². The Labute approximate surface area is 131 Å². The second kappa shape index (κ2) is 8.16. The van der Waals surface area contributed by atoms with Crippen molar-refractivity contribution >= 4 is 15.9 Å². The molecule has 112 valence electrons. The average Bonchev–Trinajstić information content (AvgIpc) is 2.89. The monoisotopic (exact) mass is 339 g/mol. The Morgan fingerprint density at radius 3 is 2.90 bits per heavy atom. The van der Waals surface area contributed by atoms with Crippen LogP contribution in [0.4, 0.5) is 0 Å². The normalized spacial score (nSPS) is 20.2. The van der Waals surface area contributed by atoms with Gasteiger partial charge in [-0.2, -0.15) is 0 Å². The van der Waals surface area contributed by atoms with Gasteiger partial charge < -0.3 is 10.1 Å². The van der Waals surface area contributed by atoms with Crippen LogP contribution in [-0.4, -0.2) is 19.3 Å². The van der Waals surface area contributed by atoms with Gasteiger partial charge in [-0.15, -0.1) is 0 Å². The molecule has 20 heavy (non-hydrogen) atoms. The second-order valence-electron chi connectivity index (χ2n) is 5.74. The van der Waals surface area contributed by atoms with Crippen molar-refractivity contribution in [2.45, 2.75) is 58.1 Å². The number of hydrogen-bond donors (Lipinski definition) is 1. The molecule has 0 aliphatic carbocycles. The van der Waals surface area contributed by atoms with Gasteiger partial charge in [0.15, 0.2) is 0 Å². The molecule has 1 aliphatic heterocycles. The minimum absolute atomic E-state index is 0.456. The number of aryl methyl sites for hydroxylation is 1. The lowest BCUT2D eigenvalue weighted by atomic mass is 9.98. The van der Waals surface area contributed by atoms with Crippen molar-refractivity contribution < 1.29 is 4.74 Å². The van der Waals surface area contributed by atoms with Gasteiger partial charge in [-0.1, -0.05) is 28.9 Å². The smallest absolute Gasteiger partial charge is 0.0576 e. The zero-order chi connectivity index (χ0) is 14.4. The highest BCUT2D eigenvalue weighted by Gasteiger charge is 2.17. The van der Waals surface area contributed by atoms with Crippen molar-refractivity contribution in [3.8, 4) is 0 Å². The summed E-state index contributed by atoms with van der Waals surface area (Å²) in [4.78, 5) is 0. The lowest BCUT2D eigenvalue weighted by Gasteiger charge is -2.20. The topological polar surface area (TPSA) is 21.3 Å². The maximum Gasteiger partial charge on any atom is 0.0576 e. The quantitative estimate of drug-likeness (QED) is 0.773. The minimum atomic E-state index is 0.456. The molecule has 3 heteroatoms. The van der Waals surface area contributed by atoms with Crippen LogP contribution in [0.3, 0.4) is 0 Å². The standard InChI is InChI=1S/C17H26BrNO/c1-3-19-17(8-4-6-16-7-5-9-20-16)14-10-13(2)11-15(18)12-14/h10-12,16-17,19H,3-9H2,1-2H3. The fourth-order valence-corrected chi connectivity index (χ4v) is 3.65. The van der Waals surface area contributed by atoms with Crippen LogP contribution in [0.5, 0.6) is 0 Å². The summed E-state index contributed by atoms with van der Waals surface area (Å²) in [6, 6.07) is 7.16. The Hall–Kier alpha value is -0.380. The minimum Gasteiger partial charge on any atom is -0.378 e. The molecule has 2 nitrogen and oxygen atoms in total. The highest BCUT2D eigenvalue weighted by Crippen LogP contribution is 2.26. The van der Waals surface area contributed by atoms with Crippen molar-refractivity contribution in [3.63, 3.8) is 0 Å². The van der Waals surface area contributed by atoms with E-state index in [1.165, 1.54) is 47.7 Å². The number of nitrogens with one attached hydrogen (secondary N) is 1. The van der Waals surface area contributed by atoms with Crippen LogP contribution in [0.2, 0.25) is 0 Å². The molecule has 0 bridgehead atoms. The summed E-state index contributed by atoms with van der Waals surface area (Å²) in [5, 5.41) is 3.62. The van der Waals surface area contributed by atoms with E-state index < -0.39 is 0 Å². The molecule has 0 aromatic heterocycles. The molecular weight excluding hydrogens is 314 g/mol. The molecule has 0 saturated carbocycles. The molecule has 1 N–H and O–H groups in total. The van der Waals surface area contributed by atoms with Crippen molar-refractivity contribution in [1.82, 2.24) is 5.32 Å². The van der Waals surface area contributed by atoms with Crippen molar-refractivity contribution in [1.29, 1.82) is 0 Å². The Morgan fingerprint density at radius 1 is 1.40 bits per heavy atom. The number of benzene rings is 1. The number of halogens is 1. The van der Waals surface area contributed by atoms with Crippen molar-refractivity contribution in [3.05, 3.63) is 33.8 Å². The molecule has 1 heterocycles. The fraction of sp³-hybridized carbons (Fsp3) is 0.647. The predicted molar refractivity (Wildman–Crippen MR) is 88.1 cm³/mol. The summed E-state index contributed by atoms with van der Waals surface area (Å²) < 4.78 is 6.89. The number of ether oxygens (including phenoxy) is 1. The van der Waals surface area contributed by atoms with E-state index in [9.17, 15) is 0 Å². The third-order valence-electron chi connectivity index (χ3n) is 3.96. The van der Waals surface area contributed by atoms with Gasteiger partial charge in [-0.25, -0.2) is 0 Å². The molecule has 1 saturated heterocycles. The van der Waals surface area contributed by atoms with E-state index in [0.29, 0.717) is 12.1 Å². The molecule has 2 unspecified atom stereocenters. The van der Waals surface area contributed by atoms with Crippen LogP contribution in [0, 0.1) is 6.92 Å². The van der Waals surface area contributed by atoms with Gasteiger partial charge in [0.05, 0.1) is 6.10 Å². The SMILES string of the molecule is CCNC(CCCC1CCCO1)c1cc(C)cc(Br)c1. The van der Waals surface area contributed by atoms with E-state index in [0.717, 1.165) is 13.2 Å². The average molecular weight is 340 g/mol. The molecule has 0 spiro atoms. The van der Waals surface area contributed by atoms with E-state index in [1.807, 2.05) is 0 Å². The third-order valence-corrected chi connectivity index (χ3v) is 4.42. The first-order valence-electron chi connectivity index (χ1n) is 7.81. The van der Waals surface area contributed by atoms with Gasteiger partial charge in [-0.05, 0) is 68.8 Å². The van der Waals surface area contributed by atoms with Crippen molar-refractivity contribution in [2.24, 2.45) is 0 Å². The molecule has 2 rings (SSSR count). The van der Waals surface area contributed by atoms with Crippen LogP contribution >= 0.6 is 15.9 Å². The summed E-state index contributed by atoms with van der Waals surface area (Å²) in [6.07, 6.45) is 6.63. The van der Waals surface area contributed by atoms with Gasteiger partial charge in [-0.3, -0.25) is 0 Å². The fourth-order valence-electron chi connectivity index (χ4n) is 3.02. The first-order chi connectivity index (χ1) is 9.69. The lowest BCUT2D eigenvalue weighted by molar-refractivity contribution is 0.101. The van der Waals surface area contributed by atoms with E-state index >= 15 is 0 Å². The van der Waals surface area contributed by atoms with Crippen LogP contribution in [-0.2, 0) is 4.74 Å². The lowest BCUT2D eigenvalue weighted by Crippen LogP contribution is -2.21. The maximum absolute atomic E-state index is 5.71. The molecule has 1 aromatic carbocycles. The van der Waals surface area contributed by atoms with Crippen molar-refractivity contribution in [2.75, 3.05) is 13.2 Å². The Bertz CT molecular complexity index is 395. The van der Waals surface area contributed by atoms with E-state index in [-0.39, 0.29) is 0 Å². The van der Waals surface area contributed by atoms with E-state index in [4.69, 9.17) is 4.74 Å². The van der Waals surface area contributed by atoms with Crippen LogP contribution in [0.25, 0.3) is 0 Å². The summed E-state index contributed by atoms with van der Waals surface area (Å²) in [7, 11) is 0. The summed E-state index contributed by atoms with van der Waals surface area (Å²) in [5.41, 5.74) is 2.71. The summed E-state index contributed by atoms with van der Waals surface area (Å²) >= 11 is 3.61. The number of rotatable bonds is 7. The maximum atomic E-state index is 5.71. The van der Waals surface area contributed by atoms with Crippen LogP contribution in [0.15, 0.2) is 22.7 Å². The van der Waals surface area contributed by atoms with Crippen LogP contribution < -0.4 is 5.32 Å². The summed E-state index contributed by atoms with van der Waals surface area (Å²) in [5.74, 6) is 0. The van der Waals surface area contributed by atoms with E-state index in [2.05, 4.69) is 53.3 Å². The molecular formula is C17H26BrNO. The number of hydrogen-bond acceptors (Lipinski definition) is 2. The molecule has 1 aliphatic rings. The first kappa shape index (κ1) is 16.0.